The molecule has 8 heteroatoms. The largest absolute Gasteiger partial charge is 0.416 e. The van der Waals surface area contributed by atoms with Crippen molar-refractivity contribution < 1.29 is 18.0 Å². The van der Waals surface area contributed by atoms with Gasteiger partial charge in [-0.3, -0.25) is 4.98 Å². The Labute approximate surface area is 176 Å². The van der Waals surface area contributed by atoms with E-state index in [9.17, 15) is 23.2 Å². The van der Waals surface area contributed by atoms with Gasteiger partial charge < -0.3 is 10.2 Å². The molecule has 1 aromatic heterocycles. The zero-order valence-electron chi connectivity index (χ0n) is 16.2. The predicted octanol–water partition coefficient (Wildman–Crippen LogP) is 5.15. The lowest BCUT2D eigenvalue weighted by molar-refractivity contribution is -0.137. The summed E-state index contributed by atoms with van der Waals surface area (Å²) >= 11 is 0. The molecule has 2 amide bonds. The van der Waals surface area contributed by atoms with Gasteiger partial charge in [-0.1, -0.05) is 30.3 Å². The van der Waals surface area contributed by atoms with Crippen LogP contribution >= 0.6 is 0 Å². The van der Waals surface area contributed by atoms with Crippen LogP contribution in [0.5, 0.6) is 0 Å². The smallest absolute Gasteiger partial charge is 0.311 e. The Morgan fingerprint density at radius 2 is 1.84 bits per heavy atom. The van der Waals surface area contributed by atoms with E-state index < -0.39 is 23.8 Å². The highest BCUT2D eigenvalue weighted by atomic mass is 19.4. The Kier molecular flexibility index (Phi) is 5.34. The number of para-hydroxylation sites is 1. The minimum absolute atomic E-state index is 0.317. The van der Waals surface area contributed by atoms with Gasteiger partial charge in [0.15, 0.2) is 0 Å². The van der Waals surface area contributed by atoms with Crippen molar-refractivity contribution in [2.45, 2.75) is 18.6 Å². The number of urea groups is 1. The summed E-state index contributed by atoms with van der Waals surface area (Å²) in [5.41, 5.74) is 2.01. The molecule has 1 atom stereocenters. The molecule has 5 nitrogen and oxygen atoms in total. The molecule has 1 N–H and O–H groups in total. The van der Waals surface area contributed by atoms with Crippen molar-refractivity contribution in [3.8, 4) is 6.07 Å². The molecule has 0 saturated carbocycles. The molecule has 2 aromatic carbocycles. The molecule has 4 rings (SSSR count). The van der Waals surface area contributed by atoms with Crippen LogP contribution in [0, 0.1) is 11.3 Å². The number of pyridine rings is 1. The summed E-state index contributed by atoms with van der Waals surface area (Å²) < 4.78 is 39.0. The lowest BCUT2D eigenvalue weighted by Crippen LogP contribution is -2.43. The average molecular weight is 422 g/mol. The molecule has 0 radical (unpaired) electrons. The first-order valence-corrected chi connectivity index (χ1v) is 9.56. The third-order valence-corrected chi connectivity index (χ3v) is 5.22. The summed E-state index contributed by atoms with van der Waals surface area (Å²) in [5, 5.41) is 12.0. The molecule has 1 aliphatic rings. The standard InChI is InChI=1S/C23H17F3N4O/c24-23(25,26)18-9-7-16(8-10-18)21-20-15(5-3-12-28-20)11-13-30(21)22(31)29-19-6-2-1-4-17(19)14-27/h1-10,12,21H,11,13H2,(H,29,31)/t21-/m1/s1. The van der Waals surface area contributed by atoms with E-state index in [2.05, 4.69) is 10.3 Å². The van der Waals surface area contributed by atoms with Gasteiger partial charge in [0.2, 0.25) is 0 Å². The van der Waals surface area contributed by atoms with Crippen molar-refractivity contribution in [1.82, 2.24) is 9.88 Å². The second-order valence-electron chi connectivity index (χ2n) is 7.10. The minimum atomic E-state index is -4.45. The van der Waals surface area contributed by atoms with Gasteiger partial charge in [0, 0.05) is 12.7 Å². The summed E-state index contributed by atoms with van der Waals surface area (Å²) in [6.07, 6.45) is -2.28. The topological polar surface area (TPSA) is 69.0 Å². The normalized spacial score (nSPS) is 15.7. The fraction of sp³-hybridized carbons (Fsp3) is 0.174. The van der Waals surface area contributed by atoms with Gasteiger partial charge in [-0.15, -0.1) is 0 Å². The van der Waals surface area contributed by atoms with E-state index in [1.807, 2.05) is 12.1 Å². The van der Waals surface area contributed by atoms with E-state index >= 15 is 0 Å². The van der Waals surface area contributed by atoms with Gasteiger partial charge >= 0.3 is 12.2 Å². The predicted molar refractivity (Wildman–Crippen MR) is 108 cm³/mol. The number of halogens is 3. The molecule has 2 heterocycles. The van der Waals surface area contributed by atoms with E-state index in [1.165, 1.54) is 17.0 Å². The van der Waals surface area contributed by atoms with Gasteiger partial charge in [-0.25, -0.2) is 4.79 Å². The van der Waals surface area contributed by atoms with Gasteiger partial charge in [0.05, 0.1) is 22.5 Å². The van der Waals surface area contributed by atoms with E-state index in [-0.39, 0.29) is 0 Å². The van der Waals surface area contributed by atoms with E-state index in [0.29, 0.717) is 35.5 Å². The molecule has 156 valence electrons. The molecule has 3 aromatic rings. The highest BCUT2D eigenvalue weighted by molar-refractivity contribution is 5.91. The molecule has 0 bridgehead atoms. The van der Waals surface area contributed by atoms with Crippen molar-refractivity contribution in [2.75, 3.05) is 11.9 Å². The van der Waals surface area contributed by atoms with Crippen molar-refractivity contribution in [2.24, 2.45) is 0 Å². The monoisotopic (exact) mass is 422 g/mol. The maximum absolute atomic E-state index is 13.2. The van der Waals surface area contributed by atoms with Gasteiger partial charge in [-0.05, 0) is 47.9 Å². The van der Waals surface area contributed by atoms with Crippen LogP contribution in [-0.4, -0.2) is 22.5 Å². The highest BCUT2D eigenvalue weighted by Gasteiger charge is 2.35. The van der Waals surface area contributed by atoms with Crippen LogP contribution in [0.25, 0.3) is 0 Å². The second kappa shape index (κ2) is 8.11. The van der Waals surface area contributed by atoms with Crippen LogP contribution in [0.2, 0.25) is 0 Å². The Bertz CT molecular complexity index is 1150. The van der Waals surface area contributed by atoms with Crippen molar-refractivity contribution in [3.05, 3.63) is 94.8 Å². The number of nitrogens with zero attached hydrogens (tertiary/aromatic N) is 3. The molecule has 0 aliphatic carbocycles. The minimum Gasteiger partial charge on any atom is -0.311 e. The third-order valence-electron chi connectivity index (χ3n) is 5.22. The number of hydrogen-bond donors (Lipinski definition) is 1. The maximum Gasteiger partial charge on any atom is 0.416 e. The Morgan fingerprint density at radius 1 is 1.10 bits per heavy atom. The van der Waals surface area contributed by atoms with Crippen LogP contribution < -0.4 is 5.32 Å². The van der Waals surface area contributed by atoms with E-state index in [1.54, 1.807) is 36.5 Å². The van der Waals surface area contributed by atoms with Gasteiger partial charge in [0.1, 0.15) is 12.1 Å². The number of aromatic nitrogens is 1. The van der Waals surface area contributed by atoms with Crippen molar-refractivity contribution in [1.29, 1.82) is 5.26 Å². The SMILES string of the molecule is N#Cc1ccccc1NC(=O)N1CCc2cccnc2[C@H]1c1ccc(C(F)(F)F)cc1. The lowest BCUT2D eigenvalue weighted by atomic mass is 9.92. The van der Waals surface area contributed by atoms with Gasteiger partial charge in [-0.2, -0.15) is 18.4 Å². The molecular formula is C23H17F3N4O. The van der Waals surface area contributed by atoms with Crippen LogP contribution in [0.15, 0.2) is 66.9 Å². The van der Waals surface area contributed by atoms with Crippen molar-refractivity contribution >= 4 is 11.7 Å². The first-order valence-electron chi connectivity index (χ1n) is 9.56. The number of amides is 2. The second-order valence-corrected chi connectivity index (χ2v) is 7.10. The molecule has 0 unspecified atom stereocenters. The lowest BCUT2D eigenvalue weighted by Gasteiger charge is -2.36. The summed E-state index contributed by atoms with van der Waals surface area (Å²) in [6, 6.07) is 16.0. The van der Waals surface area contributed by atoms with E-state index in [0.717, 1.165) is 17.7 Å². The zero-order chi connectivity index (χ0) is 22.0. The number of carbonyl (C=O) groups excluding carboxylic acids is 1. The summed E-state index contributed by atoms with van der Waals surface area (Å²) in [6.45, 7) is 0.352. The number of hydrogen-bond acceptors (Lipinski definition) is 3. The average Bonchev–Trinajstić information content (AvgIpc) is 2.78. The maximum atomic E-state index is 13.2. The van der Waals surface area contributed by atoms with E-state index in [4.69, 9.17) is 0 Å². The molecule has 31 heavy (non-hydrogen) atoms. The quantitative estimate of drug-likeness (QED) is 0.621. The molecule has 1 aliphatic heterocycles. The third kappa shape index (κ3) is 4.08. The fourth-order valence-electron chi connectivity index (χ4n) is 3.71. The molecule has 0 saturated heterocycles. The molecule has 0 fully saturated rings. The Hall–Kier alpha value is -3.86. The Morgan fingerprint density at radius 3 is 2.55 bits per heavy atom. The fourth-order valence-corrected chi connectivity index (χ4v) is 3.71. The first kappa shape index (κ1) is 20.4. The number of nitrogens with one attached hydrogen (secondary N) is 1. The van der Waals surface area contributed by atoms with Crippen LogP contribution in [0.3, 0.4) is 0 Å². The van der Waals surface area contributed by atoms with Crippen LogP contribution in [-0.2, 0) is 12.6 Å². The number of carbonyl (C=O) groups is 1. The summed E-state index contributed by atoms with van der Waals surface area (Å²) in [5.74, 6) is 0. The zero-order valence-corrected chi connectivity index (χ0v) is 16.2. The summed E-state index contributed by atoms with van der Waals surface area (Å²) in [4.78, 5) is 19.1. The Balaban J connectivity index is 1.71. The van der Waals surface area contributed by atoms with Crippen LogP contribution in [0.1, 0.15) is 34.0 Å². The first-order chi connectivity index (χ1) is 14.9. The van der Waals surface area contributed by atoms with Crippen molar-refractivity contribution in [3.63, 3.8) is 0 Å². The number of fused-ring (bicyclic) bond motifs is 1. The number of anilines is 1. The molecular weight excluding hydrogens is 405 g/mol. The summed E-state index contributed by atoms with van der Waals surface area (Å²) in [7, 11) is 0. The number of nitriles is 1. The number of benzene rings is 2. The highest BCUT2D eigenvalue weighted by Crippen LogP contribution is 2.36. The molecule has 0 spiro atoms. The number of alkyl halides is 3. The van der Waals surface area contributed by atoms with Crippen LogP contribution in [0.4, 0.5) is 23.7 Å². The van der Waals surface area contributed by atoms with Gasteiger partial charge in [0.25, 0.3) is 0 Å². The number of rotatable bonds is 2.